The lowest BCUT2D eigenvalue weighted by Crippen LogP contribution is -2.54. The fraction of sp³-hybridized carbons (Fsp3) is 0.686. The van der Waals surface area contributed by atoms with Crippen molar-refractivity contribution < 1.29 is 4.79 Å². The van der Waals surface area contributed by atoms with Gasteiger partial charge in [-0.1, -0.05) is 71.1 Å². The molecule has 0 aliphatic heterocycles. The molecule has 9 unspecified atom stereocenters. The van der Waals surface area contributed by atoms with Gasteiger partial charge in [-0.05, 0) is 117 Å². The molecule has 1 aromatic carbocycles. The zero-order valence-corrected chi connectivity index (χ0v) is 25.1. The molecule has 4 saturated carbocycles. The lowest BCUT2D eigenvalue weighted by molar-refractivity contribution is -0.139. The summed E-state index contributed by atoms with van der Waals surface area (Å²) in [4.78, 5) is 15.6. The Morgan fingerprint density at radius 1 is 1.03 bits per heavy atom. The number of benzene rings is 1. The number of ketones is 1. The predicted octanol–water partition coefficient (Wildman–Crippen LogP) is 9.00. The Hall–Kier alpha value is -2.23. The SMILES string of the molecule is C=C/C=C\CC.CC1CCC2(C)C(CCC3C2CCC2(C)C(C(=O)C(C)n4nc5ccccc5n4)CCC32)C1. The first-order valence-electron chi connectivity index (χ1n) is 15.9. The largest absolute Gasteiger partial charge is 0.297 e. The number of hydrogen-bond acceptors (Lipinski definition) is 3. The van der Waals surface area contributed by atoms with Gasteiger partial charge in [0.25, 0.3) is 0 Å². The van der Waals surface area contributed by atoms with Crippen molar-refractivity contribution >= 4 is 16.8 Å². The van der Waals surface area contributed by atoms with E-state index < -0.39 is 0 Å². The monoisotopic (exact) mass is 529 g/mol. The van der Waals surface area contributed by atoms with Gasteiger partial charge in [0.15, 0.2) is 5.78 Å². The first-order valence-corrected chi connectivity index (χ1v) is 15.9. The second kappa shape index (κ2) is 11.3. The third-order valence-electron chi connectivity index (χ3n) is 11.8. The molecule has 0 radical (unpaired) electrons. The molecule has 4 fully saturated rings. The maximum absolute atomic E-state index is 13.9. The number of hydrogen-bond donors (Lipinski definition) is 0. The van der Waals surface area contributed by atoms with Crippen molar-refractivity contribution in [2.45, 2.75) is 105 Å². The van der Waals surface area contributed by atoms with Crippen molar-refractivity contribution in [2.75, 3.05) is 0 Å². The fourth-order valence-corrected chi connectivity index (χ4v) is 9.63. The van der Waals surface area contributed by atoms with Gasteiger partial charge in [-0.3, -0.25) is 4.79 Å². The average molecular weight is 530 g/mol. The van der Waals surface area contributed by atoms with Crippen LogP contribution in [0, 0.1) is 46.3 Å². The Kier molecular flexibility index (Phi) is 8.23. The summed E-state index contributed by atoms with van der Waals surface area (Å²) in [5, 5.41) is 9.29. The molecule has 0 bridgehead atoms. The Labute approximate surface area is 236 Å². The number of allylic oxidation sites excluding steroid dienone is 3. The van der Waals surface area contributed by atoms with E-state index >= 15 is 0 Å². The van der Waals surface area contributed by atoms with E-state index in [-0.39, 0.29) is 17.4 Å². The molecular weight excluding hydrogens is 478 g/mol. The maximum atomic E-state index is 13.9. The second-order valence-corrected chi connectivity index (χ2v) is 13.9. The number of carbonyl (C=O) groups is 1. The van der Waals surface area contributed by atoms with Gasteiger partial charge >= 0.3 is 0 Å². The molecule has 0 saturated heterocycles. The van der Waals surface area contributed by atoms with E-state index in [9.17, 15) is 4.79 Å². The molecule has 4 nitrogen and oxygen atoms in total. The average Bonchev–Trinajstić information content (AvgIpc) is 3.53. The van der Waals surface area contributed by atoms with Gasteiger partial charge in [-0.15, -0.1) is 0 Å². The van der Waals surface area contributed by atoms with E-state index in [1.54, 1.807) is 10.9 Å². The minimum absolute atomic E-state index is 0.157. The third kappa shape index (κ3) is 5.06. The van der Waals surface area contributed by atoms with Gasteiger partial charge < -0.3 is 0 Å². The van der Waals surface area contributed by atoms with Crippen LogP contribution in [0.1, 0.15) is 105 Å². The third-order valence-corrected chi connectivity index (χ3v) is 11.8. The summed E-state index contributed by atoms with van der Waals surface area (Å²) in [6.07, 6.45) is 18.9. The van der Waals surface area contributed by atoms with E-state index in [0.717, 1.165) is 53.5 Å². The topological polar surface area (TPSA) is 47.8 Å². The van der Waals surface area contributed by atoms with E-state index in [1.165, 1.54) is 51.4 Å². The standard InChI is InChI=1S/C29H41N3O.C6H10/c1-18-13-15-28(3)20(17-18)9-10-21-22-11-12-24(29(22,4)16-14-23(21)28)27(33)19(2)32-30-25-7-5-6-8-26(25)31-32;1-3-5-6-4-2/h5-8,18-24H,9-17H2,1-4H3;3,5-6H,1,4H2,2H3/b;6-5-. The summed E-state index contributed by atoms with van der Waals surface area (Å²) in [6, 6.07) is 7.64. The van der Waals surface area contributed by atoms with Gasteiger partial charge in [0.05, 0.1) is 0 Å². The lowest BCUT2D eigenvalue weighted by Gasteiger charge is -2.61. The highest BCUT2D eigenvalue weighted by Gasteiger charge is 2.61. The number of aromatic nitrogens is 3. The summed E-state index contributed by atoms with van der Waals surface area (Å²) >= 11 is 0. The summed E-state index contributed by atoms with van der Waals surface area (Å²) in [7, 11) is 0. The molecule has 0 spiro atoms. The summed E-state index contributed by atoms with van der Waals surface area (Å²) in [5.74, 6) is 4.80. The summed E-state index contributed by atoms with van der Waals surface area (Å²) in [6.45, 7) is 15.2. The molecule has 0 amide bonds. The van der Waals surface area contributed by atoms with Crippen LogP contribution in [0.15, 0.2) is 49.1 Å². The van der Waals surface area contributed by atoms with Crippen molar-refractivity contribution in [1.82, 2.24) is 15.0 Å². The van der Waals surface area contributed by atoms with E-state index in [2.05, 4.69) is 50.5 Å². The van der Waals surface area contributed by atoms with E-state index in [4.69, 9.17) is 0 Å². The normalized spacial score (nSPS) is 38.3. The van der Waals surface area contributed by atoms with Gasteiger partial charge in [0.2, 0.25) is 0 Å². The summed E-state index contributed by atoms with van der Waals surface area (Å²) < 4.78 is 0. The van der Waals surface area contributed by atoms with Gasteiger partial charge in [-0.25, -0.2) is 0 Å². The van der Waals surface area contributed by atoms with Gasteiger partial charge in [0, 0.05) is 5.92 Å². The Morgan fingerprint density at radius 3 is 2.33 bits per heavy atom. The van der Waals surface area contributed by atoms with Crippen LogP contribution in [0.3, 0.4) is 0 Å². The minimum Gasteiger partial charge on any atom is -0.297 e. The van der Waals surface area contributed by atoms with Crippen LogP contribution in [0.5, 0.6) is 0 Å². The van der Waals surface area contributed by atoms with Crippen LogP contribution in [-0.4, -0.2) is 20.8 Å². The van der Waals surface area contributed by atoms with Gasteiger partial charge in [0.1, 0.15) is 17.1 Å². The minimum atomic E-state index is -0.288. The Bertz CT molecular complexity index is 1160. The van der Waals surface area contributed by atoms with Gasteiger partial charge in [-0.2, -0.15) is 15.0 Å². The molecule has 1 aromatic heterocycles. The van der Waals surface area contributed by atoms with Crippen molar-refractivity contribution in [2.24, 2.45) is 46.3 Å². The molecule has 212 valence electrons. The Morgan fingerprint density at radius 2 is 1.69 bits per heavy atom. The van der Waals surface area contributed by atoms with Crippen LogP contribution in [0.4, 0.5) is 0 Å². The molecule has 4 aliphatic carbocycles. The zero-order valence-electron chi connectivity index (χ0n) is 25.1. The number of fused-ring (bicyclic) bond motifs is 6. The molecule has 39 heavy (non-hydrogen) atoms. The molecule has 9 atom stereocenters. The van der Waals surface area contributed by atoms with Crippen LogP contribution in [0.2, 0.25) is 0 Å². The van der Waals surface area contributed by atoms with Crippen LogP contribution in [0.25, 0.3) is 11.0 Å². The molecule has 2 aromatic rings. The maximum Gasteiger partial charge on any atom is 0.162 e. The number of carbonyl (C=O) groups excluding carboxylic acids is 1. The van der Waals surface area contributed by atoms with E-state index in [0.29, 0.717) is 11.2 Å². The Balaban J connectivity index is 0.000000465. The quantitative estimate of drug-likeness (QED) is 0.363. The van der Waals surface area contributed by atoms with Crippen molar-refractivity contribution in [1.29, 1.82) is 0 Å². The van der Waals surface area contributed by atoms with Crippen molar-refractivity contribution in [3.05, 3.63) is 49.1 Å². The van der Waals surface area contributed by atoms with Crippen LogP contribution in [-0.2, 0) is 4.79 Å². The highest BCUT2D eigenvalue weighted by Crippen LogP contribution is 2.68. The number of rotatable bonds is 5. The summed E-state index contributed by atoms with van der Waals surface area (Å²) in [5.41, 5.74) is 2.45. The number of Topliss-reactive ketones (excluding diaryl/α,β-unsaturated/α-hetero) is 1. The highest BCUT2D eigenvalue weighted by atomic mass is 16.1. The second-order valence-electron chi connectivity index (χ2n) is 13.9. The van der Waals surface area contributed by atoms with Crippen LogP contribution < -0.4 is 0 Å². The molecule has 6 rings (SSSR count). The first-order chi connectivity index (χ1) is 18.7. The predicted molar refractivity (Wildman–Crippen MR) is 161 cm³/mol. The van der Waals surface area contributed by atoms with Crippen molar-refractivity contribution in [3.8, 4) is 0 Å². The van der Waals surface area contributed by atoms with E-state index in [1.807, 2.05) is 37.3 Å². The lowest BCUT2D eigenvalue weighted by atomic mass is 9.44. The fourth-order valence-electron chi connectivity index (χ4n) is 9.63. The van der Waals surface area contributed by atoms with Crippen molar-refractivity contribution in [3.63, 3.8) is 0 Å². The molecule has 0 N–H and O–H groups in total. The first kappa shape index (κ1) is 28.3. The molecule has 1 heterocycles. The molecular formula is C35H51N3O. The number of nitrogens with zero attached hydrogens (tertiary/aromatic N) is 3. The molecule has 4 heteroatoms. The highest BCUT2D eigenvalue weighted by molar-refractivity contribution is 5.86. The van der Waals surface area contributed by atoms with Crippen LogP contribution >= 0.6 is 0 Å². The molecule has 4 aliphatic rings. The zero-order chi connectivity index (χ0) is 27.8. The smallest absolute Gasteiger partial charge is 0.162 e.